The Hall–Kier alpha value is -2.21. The molecule has 3 rings (SSSR count). The number of ether oxygens (including phenoxy) is 1. The highest BCUT2D eigenvalue weighted by molar-refractivity contribution is 6.35. The van der Waals surface area contributed by atoms with Gasteiger partial charge < -0.3 is 4.74 Å². The SMILES string of the molecule is FC(F)(F)Oc1ccc(-c2cc(Cl)c3[nH]ncc3c2)cc1. The van der Waals surface area contributed by atoms with E-state index < -0.39 is 6.36 Å². The molecule has 0 aliphatic rings. The number of rotatable bonds is 2. The van der Waals surface area contributed by atoms with Crippen molar-refractivity contribution in [2.75, 3.05) is 0 Å². The summed E-state index contributed by atoms with van der Waals surface area (Å²) >= 11 is 6.13. The lowest BCUT2D eigenvalue weighted by atomic mass is 10.0. The number of H-pyrrole nitrogens is 1. The molecule has 1 N–H and O–H groups in total. The molecule has 3 aromatic rings. The van der Waals surface area contributed by atoms with Crippen molar-refractivity contribution in [3.63, 3.8) is 0 Å². The lowest BCUT2D eigenvalue weighted by Crippen LogP contribution is -2.16. The van der Waals surface area contributed by atoms with Crippen LogP contribution in [0.3, 0.4) is 0 Å². The zero-order chi connectivity index (χ0) is 15.0. The van der Waals surface area contributed by atoms with Crippen LogP contribution in [0.15, 0.2) is 42.6 Å². The third kappa shape index (κ3) is 2.95. The maximum atomic E-state index is 12.1. The summed E-state index contributed by atoms with van der Waals surface area (Å²) in [5, 5.41) is 7.99. The van der Waals surface area contributed by atoms with E-state index >= 15 is 0 Å². The third-order valence-corrected chi connectivity index (χ3v) is 3.22. The van der Waals surface area contributed by atoms with Crippen LogP contribution in [0.1, 0.15) is 0 Å². The van der Waals surface area contributed by atoms with Crippen LogP contribution >= 0.6 is 11.6 Å². The Balaban J connectivity index is 1.95. The Morgan fingerprint density at radius 2 is 1.76 bits per heavy atom. The number of nitrogens with one attached hydrogen (secondary N) is 1. The van der Waals surface area contributed by atoms with Crippen LogP contribution in [0.25, 0.3) is 22.0 Å². The molecular formula is C14H8ClF3N2O. The van der Waals surface area contributed by atoms with Crippen LogP contribution in [0.4, 0.5) is 13.2 Å². The van der Waals surface area contributed by atoms with Crippen LogP contribution in [-0.2, 0) is 0 Å². The van der Waals surface area contributed by atoms with Gasteiger partial charge in [-0.2, -0.15) is 5.10 Å². The quantitative estimate of drug-likeness (QED) is 0.739. The average Bonchev–Trinajstić information content (AvgIpc) is 2.86. The minimum absolute atomic E-state index is 0.262. The fourth-order valence-electron chi connectivity index (χ4n) is 2.03. The summed E-state index contributed by atoms with van der Waals surface area (Å²) in [5.41, 5.74) is 2.24. The second-order valence-electron chi connectivity index (χ2n) is 4.36. The maximum Gasteiger partial charge on any atom is 0.573 e. The van der Waals surface area contributed by atoms with Gasteiger partial charge in [-0.3, -0.25) is 5.10 Å². The average molecular weight is 313 g/mol. The lowest BCUT2D eigenvalue weighted by Gasteiger charge is -2.09. The zero-order valence-electron chi connectivity index (χ0n) is 10.4. The summed E-state index contributed by atoms with van der Waals surface area (Å²) in [6.07, 6.45) is -3.06. The highest BCUT2D eigenvalue weighted by atomic mass is 35.5. The van der Waals surface area contributed by atoms with Gasteiger partial charge >= 0.3 is 6.36 Å². The molecule has 0 amide bonds. The van der Waals surface area contributed by atoms with E-state index in [1.807, 2.05) is 6.07 Å². The first-order valence-corrected chi connectivity index (χ1v) is 6.29. The van der Waals surface area contributed by atoms with Crippen molar-refractivity contribution in [2.24, 2.45) is 0 Å². The summed E-state index contributed by atoms with van der Waals surface area (Å²) < 4.78 is 40.2. The highest BCUT2D eigenvalue weighted by Gasteiger charge is 2.30. The van der Waals surface area contributed by atoms with Gasteiger partial charge in [0.05, 0.1) is 16.7 Å². The summed E-state index contributed by atoms with van der Waals surface area (Å²) in [4.78, 5) is 0. The molecule has 0 radical (unpaired) electrons. The van der Waals surface area contributed by atoms with Crippen LogP contribution in [0, 0.1) is 0 Å². The molecule has 0 saturated carbocycles. The highest BCUT2D eigenvalue weighted by Crippen LogP contribution is 2.31. The number of benzene rings is 2. The van der Waals surface area contributed by atoms with Crippen molar-refractivity contribution in [1.29, 1.82) is 0 Å². The number of aromatic amines is 1. The normalized spacial score (nSPS) is 11.8. The monoisotopic (exact) mass is 312 g/mol. The van der Waals surface area contributed by atoms with Gasteiger partial charge in [0.1, 0.15) is 5.75 Å². The van der Waals surface area contributed by atoms with Gasteiger partial charge in [0.25, 0.3) is 0 Å². The minimum Gasteiger partial charge on any atom is -0.406 e. The predicted molar refractivity (Wildman–Crippen MR) is 73.2 cm³/mol. The van der Waals surface area contributed by atoms with Crippen molar-refractivity contribution in [3.05, 3.63) is 47.6 Å². The molecule has 0 aliphatic carbocycles. The Morgan fingerprint density at radius 1 is 1.05 bits per heavy atom. The molecule has 0 saturated heterocycles. The molecule has 0 bridgehead atoms. The number of aromatic nitrogens is 2. The Labute approximate surface area is 122 Å². The van der Waals surface area contributed by atoms with Crippen molar-refractivity contribution >= 4 is 22.5 Å². The Morgan fingerprint density at radius 3 is 2.43 bits per heavy atom. The van der Waals surface area contributed by atoms with Gasteiger partial charge in [-0.15, -0.1) is 13.2 Å². The van der Waals surface area contributed by atoms with Gasteiger partial charge in [-0.1, -0.05) is 23.7 Å². The van der Waals surface area contributed by atoms with Gasteiger partial charge in [0.2, 0.25) is 0 Å². The molecule has 3 nitrogen and oxygen atoms in total. The molecular weight excluding hydrogens is 305 g/mol. The number of halogens is 4. The lowest BCUT2D eigenvalue weighted by molar-refractivity contribution is -0.274. The van der Waals surface area contributed by atoms with Gasteiger partial charge in [-0.05, 0) is 35.4 Å². The first-order valence-electron chi connectivity index (χ1n) is 5.91. The van der Waals surface area contributed by atoms with E-state index in [-0.39, 0.29) is 5.75 Å². The fraction of sp³-hybridized carbons (Fsp3) is 0.0714. The number of nitrogens with zero attached hydrogens (tertiary/aromatic N) is 1. The molecule has 0 aliphatic heterocycles. The molecule has 1 heterocycles. The van der Waals surface area contributed by atoms with E-state index in [0.29, 0.717) is 5.02 Å². The molecule has 0 atom stereocenters. The standard InChI is InChI=1S/C14H8ClF3N2O/c15-12-6-9(5-10-7-19-20-13(10)12)8-1-3-11(4-2-8)21-14(16,17)18/h1-7H,(H,19,20). The van der Waals surface area contributed by atoms with E-state index in [4.69, 9.17) is 11.6 Å². The first-order chi connectivity index (χ1) is 9.92. The van der Waals surface area contributed by atoms with E-state index in [9.17, 15) is 13.2 Å². The van der Waals surface area contributed by atoms with Gasteiger partial charge in [0.15, 0.2) is 0 Å². The topological polar surface area (TPSA) is 37.9 Å². The summed E-state index contributed by atoms with van der Waals surface area (Å²) in [5.74, 6) is -0.262. The molecule has 1 aromatic heterocycles. The van der Waals surface area contributed by atoms with Crippen molar-refractivity contribution < 1.29 is 17.9 Å². The number of fused-ring (bicyclic) bond motifs is 1. The maximum absolute atomic E-state index is 12.1. The minimum atomic E-state index is -4.69. The second-order valence-corrected chi connectivity index (χ2v) is 4.77. The number of alkyl halides is 3. The second kappa shape index (κ2) is 4.96. The van der Waals surface area contributed by atoms with Crippen LogP contribution in [0.5, 0.6) is 5.75 Å². The molecule has 21 heavy (non-hydrogen) atoms. The molecule has 7 heteroatoms. The van der Waals surface area contributed by atoms with Crippen LogP contribution in [-0.4, -0.2) is 16.6 Å². The smallest absolute Gasteiger partial charge is 0.406 e. The first kappa shape index (κ1) is 13.8. The number of hydrogen-bond donors (Lipinski definition) is 1. The molecule has 108 valence electrons. The summed E-state index contributed by atoms with van der Waals surface area (Å²) in [6.45, 7) is 0. The van der Waals surface area contributed by atoms with Crippen LogP contribution < -0.4 is 4.74 Å². The largest absolute Gasteiger partial charge is 0.573 e. The molecule has 0 fully saturated rings. The molecule has 0 spiro atoms. The third-order valence-electron chi connectivity index (χ3n) is 2.92. The van der Waals surface area contributed by atoms with Crippen molar-refractivity contribution in [1.82, 2.24) is 10.2 Å². The van der Waals surface area contributed by atoms with E-state index in [2.05, 4.69) is 14.9 Å². The van der Waals surface area contributed by atoms with E-state index in [1.54, 1.807) is 24.4 Å². The molecule has 0 unspecified atom stereocenters. The van der Waals surface area contributed by atoms with Crippen molar-refractivity contribution in [3.8, 4) is 16.9 Å². The zero-order valence-corrected chi connectivity index (χ0v) is 11.2. The summed E-state index contributed by atoms with van der Waals surface area (Å²) in [7, 11) is 0. The number of hydrogen-bond acceptors (Lipinski definition) is 2. The molecule has 2 aromatic carbocycles. The van der Waals surface area contributed by atoms with Gasteiger partial charge in [-0.25, -0.2) is 0 Å². The van der Waals surface area contributed by atoms with E-state index in [1.165, 1.54) is 12.1 Å². The summed E-state index contributed by atoms with van der Waals surface area (Å²) in [6, 6.07) is 9.18. The predicted octanol–water partition coefficient (Wildman–Crippen LogP) is 4.78. The van der Waals surface area contributed by atoms with E-state index in [0.717, 1.165) is 22.0 Å². The van der Waals surface area contributed by atoms with Crippen LogP contribution in [0.2, 0.25) is 5.02 Å². The Bertz CT molecular complexity index is 781. The Kier molecular flexibility index (Phi) is 3.25. The van der Waals surface area contributed by atoms with Crippen molar-refractivity contribution in [2.45, 2.75) is 6.36 Å². The van der Waals surface area contributed by atoms with Gasteiger partial charge in [0, 0.05) is 5.39 Å². The fourth-order valence-corrected chi connectivity index (χ4v) is 2.30.